The molecule has 3 aromatic rings. The van der Waals surface area contributed by atoms with Crippen LogP contribution in [0, 0.1) is 18.6 Å². The Bertz CT molecular complexity index is 1130. The molecule has 0 aliphatic heterocycles. The zero-order valence-corrected chi connectivity index (χ0v) is 16.5. The number of benzene rings is 3. The Balaban J connectivity index is 1.78. The number of carbonyl (C=O) groups excluding carboxylic acids is 1. The number of carbonyl (C=O) groups is 1. The molecule has 0 atom stereocenters. The fraction of sp³-hybridized carbons (Fsp3) is 0.0952. The number of sulfonamides is 1. The molecule has 5 nitrogen and oxygen atoms in total. The summed E-state index contributed by atoms with van der Waals surface area (Å²) in [4.78, 5) is 12.4. The highest BCUT2D eigenvalue weighted by molar-refractivity contribution is 7.92. The van der Waals surface area contributed by atoms with Gasteiger partial charge in [0.25, 0.3) is 15.9 Å². The summed E-state index contributed by atoms with van der Waals surface area (Å²) >= 11 is 0. The summed E-state index contributed by atoms with van der Waals surface area (Å²) < 4.78 is 53.1. The molecule has 1 N–H and O–H groups in total. The second-order valence-electron chi connectivity index (χ2n) is 6.44. The number of nitrogens with zero attached hydrogens (tertiary/aromatic N) is 1. The maximum Gasteiger partial charge on any atom is 0.264 e. The van der Waals surface area contributed by atoms with Gasteiger partial charge in [-0.15, -0.1) is 0 Å². The van der Waals surface area contributed by atoms with Crippen LogP contribution in [0.5, 0.6) is 0 Å². The zero-order chi connectivity index (χ0) is 21.2. The Morgan fingerprint density at radius 1 is 0.897 bits per heavy atom. The molecule has 1 amide bonds. The van der Waals surface area contributed by atoms with E-state index in [2.05, 4.69) is 5.32 Å². The third-order valence-corrected chi connectivity index (χ3v) is 6.09. The van der Waals surface area contributed by atoms with Crippen molar-refractivity contribution in [2.45, 2.75) is 11.8 Å². The molecule has 150 valence electrons. The van der Waals surface area contributed by atoms with Crippen molar-refractivity contribution in [3.63, 3.8) is 0 Å². The number of rotatable bonds is 5. The first-order valence-electron chi connectivity index (χ1n) is 8.60. The maximum absolute atomic E-state index is 13.2. The Morgan fingerprint density at radius 3 is 2.00 bits per heavy atom. The smallest absolute Gasteiger partial charge is 0.264 e. The fourth-order valence-corrected chi connectivity index (χ4v) is 3.85. The van der Waals surface area contributed by atoms with Gasteiger partial charge in [0.1, 0.15) is 11.6 Å². The minimum atomic E-state index is -3.75. The van der Waals surface area contributed by atoms with Crippen molar-refractivity contribution >= 4 is 27.3 Å². The monoisotopic (exact) mass is 416 g/mol. The molecule has 0 saturated heterocycles. The highest BCUT2D eigenvalue weighted by atomic mass is 32.2. The van der Waals surface area contributed by atoms with Crippen LogP contribution in [-0.2, 0) is 10.0 Å². The number of aryl methyl sites for hydroxylation is 1. The summed E-state index contributed by atoms with van der Waals surface area (Å²) in [6.45, 7) is 1.86. The van der Waals surface area contributed by atoms with Crippen molar-refractivity contribution in [1.82, 2.24) is 0 Å². The Kier molecular flexibility index (Phi) is 5.65. The summed E-state index contributed by atoms with van der Waals surface area (Å²) in [7, 11) is -2.33. The largest absolute Gasteiger partial charge is 0.322 e. The highest BCUT2D eigenvalue weighted by Crippen LogP contribution is 2.23. The lowest BCUT2D eigenvalue weighted by Gasteiger charge is -2.20. The zero-order valence-electron chi connectivity index (χ0n) is 15.7. The lowest BCUT2D eigenvalue weighted by Crippen LogP contribution is -2.26. The normalized spacial score (nSPS) is 11.2. The number of amides is 1. The van der Waals surface area contributed by atoms with Crippen LogP contribution in [0.3, 0.4) is 0 Å². The molecule has 3 aromatic carbocycles. The topological polar surface area (TPSA) is 66.5 Å². The van der Waals surface area contributed by atoms with Crippen molar-refractivity contribution < 1.29 is 22.0 Å². The molecular weight excluding hydrogens is 398 g/mol. The fourth-order valence-electron chi connectivity index (χ4n) is 2.66. The summed E-state index contributed by atoms with van der Waals surface area (Å²) in [6, 6.07) is 15.0. The van der Waals surface area contributed by atoms with Crippen molar-refractivity contribution in [3.05, 3.63) is 89.5 Å². The molecule has 0 bridgehead atoms. The van der Waals surface area contributed by atoms with E-state index < -0.39 is 27.6 Å². The van der Waals surface area contributed by atoms with E-state index in [9.17, 15) is 22.0 Å². The van der Waals surface area contributed by atoms with E-state index in [0.29, 0.717) is 11.8 Å². The van der Waals surface area contributed by atoms with Crippen molar-refractivity contribution in [2.75, 3.05) is 16.7 Å². The molecule has 0 radical (unpaired) electrons. The number of anilines is 2. The molecule has 29 heavy (non-hydrogen) atoms. The molecule has 0 spiro atoms. The molecule has 8 heteroatoms. The van der Waals surface area contributed by atoms with Gasteiger partial charge in [0.2, 0.25) is 0 Å². The first kappa shape index (κ1) is 20.5. The molecule has 0 aliphatic carbocycles. The maximum atomic E-state index is 13.2. The van der Waals surface area contributed by atoms with Crippen LogP contribution in [0.1, 0.15) is 15.9 Å². The van der Waals surface area contributed by atoms with Crippen LogP contribution in [0.2, 0.25) is 0 Å². The minimum Gasteiger partial charge on any atom is -0.322 e. The van der Waals surface area contributed by atoms with E-state index >= 15 is 0 Å². The molecule has 0 aromatic heterocycles. The van der Waals surface area contributed by atoms with E-state index in [-0.39, 0.29) is 16.1 Å². The Morgan fingerprint density at radius 2 is 1.45 bits per heavy atom. The van der Waals surface area contributed by atoms with Crippen LogP contribution < -0.4 is 9.62 Å². The van der Waals surface area contributed by atoms with Gasteiger partial charge < -0.3 is 5.32 Å². The van der Waals surface area contributed by atoms with Gasteiger partial charge >= 0.3 is 0 Å². The van der Waals surface area contributed by atoms with Crippen LogP contribution in [0.25, 0.3) is 0 Å². The first-order chi connectivity index (χ1) is 13.7. The molecular formula is C21H18F2N2O3S. The summed E-state index contributed by atoms with van der Waals surface area (Å²) in [5.74, 6) is -2.19. The number of hydrogen-bond donors (Lipinski definition) is 1. The van der Waals surface area contributed by atoms with Gasteiger partial charge in [-0.3, -0.25) is 9.10 Å². The SMILES string of the molecule is Cc1ccc(S(=O)(=O)N(C)c2ccc(C(=O)Nc3cc(F)cc(F)c3)cc2)cc1. The number of nitrogens with one attached hydrogen (secondary N) is 1. The Hall–Kier alpha value is -3.26. The number of hydrogen-bond acceptors (Lipinski definition) is 3. The molecule has 3 rings (SSSR count). The predicted octanol–water partition coefficient (Wildman–Crippen LogP) is 4.35. The van der Waals surface area contributed by atoms with Crippen molar-refractivity contribution in [2.24, 2.45) is 0 Å². The van der Waals surface area contributed by atoms with Crippen molar-refractivity contribution in [3.8, 4) is 0 Å². The third-order valence-electron chi connectivity index (χ3n) is 4.29. The van der Waals surface area contributed by atoms with E-state index in [1.165, 1.54) is 43.4 Å². The Labute approximate surface area is 167 Å². The number of halogens is 2. The van der Waals surface area contributed by atoms with Gasteiger partial charge in [0, 0.05) is 24.4 Å². The van der Waals surface area contributed by atoms with Gasteiger partial charge in [-0.25, -0.2) is 17.2 Å². The average molecular weight is 416 g/mol. The quantitative estimate of drug-likeness (QED) is 0.672. The summed E-state index contributed by atoms with van der Waals surface area (Å²) in [5.41, 5.74) is 1.49. The van der Waals surface area contributed by atoms with Gasteiger partial charge in [0.15, 0.2) is 0 Å². The molecule has 0 unspecified atom stereocenters. The molecule has 0 heterocycles. The highest BCUT2D eigenvalue weighted by Gasteiger charge is 2.21. The van der Waals surface area contributed by atoms with E-state index in [1.807, 2.05) is 6.92 Å². The average Bonchev–Trinajstić information content (AvgIpc) is 2.67. The standard InChI is InChI=1S/C21H18F2N2O3S/c1-14-3-9-20(10-4-14)29(27,28)25(2)19-7-5-15(6-8-19)21(26)24-18-12-16(22)11-17(23)13-18/h3-13H,1-2H3,(H,24,26). The van der Waals surface area contributed by atoms with Gasteiger partial charge in [0.05, 0.1) is 10.6 Å². The lowest BCUT2D eigenvalue weighted by atomic mass is 10.2. The van der Waals surface area contributed by atoms with E-state index in [4.69, 9.17) is 0 Å². The molecule has 0 aliphatic rings. The van der Waals surface area contributed by atoms with Gasteiger partial charge in [-0.1, -0.05) is 17.7 Å². The van der Waals surface area contributed by atoms with Crippen molar-refractivity contribution in [1.29, 1.82) is 0 Å². The second-order valence-corrected chi connectivity index (χ2v) is 8.41. The third kappa shape index (κ3) is 4.60. The second kappa shape index (κ2) is 8.00. The van der Waals surface area contributed by atoms with Crippen LogP contribution in [-0.4, -0.2) is 21.4 Å². The van der Waals surface area contributed by atoms with Gasteiger partial charge in [-0.2, -0.15) is 0 Å². The first-order valence-corrected chi connectivity index (χ1v) is 10.0. The van der Waals surface area contributed by atoms with E-state index in [1.54, 1.807) is 12.1 Å². The summed E-state index contributed by atoms with van der Waals surface area (Å²) in [5, 5.41) is 2.40. The van der Waals surface area contributed by atoms with Crippen LogP contribution in [0.4, 0.5) is 20.2 Å². The van der Waals surface area contributed by atoms with Crippen LogP contribution >= 0.6 is 0 Å². The lowest BCUT2D eigenvalue weighted by molar-refractivity contribution is 0.102. The van der Waals surface area contributed by atoms with E-state index in [0.717, 1.165) is 22.0 Å². The molecule has 0 fully saturated rings. The minimum absolute atomic E-state index is 0.0179. The predicted molar refractivity (Wildman–Crippen MR) is 108 cm³/mol. The van der Waals surface area contributed by atoms with Gasteiger partial charge in [-0.05, 0) is 55.5 Å². The van der Waals surface area contributed by atoms with Crippen LogP contribution in [0.15, 0.2) is 71.6 Å². The summed E-state index contributed by atoms with van der Waals surface area (Å²) in [6.07, 6.45) is 0. The molecule has 0 saturated carbocycles.